The van der Waals surface area contributed by atoms with E-state index in [1.54, 1.807) is 0 Å². The first-order valence-electron chi connectivity index (χ1n) is 11.3. The van der Waals surface area contributed by atoms with Gasteiger partial charge in [0.05, 0.1) is 16.6 Å². The fourth-order valence-corrected chi connectivity index (χ4v) is 4.81. The third-order valence-corrected chi connectivity index (χ3v) is 6.27. The van der Waals surface area contributed by atoms with E-state index in [-0.39, 0.29) is 0 Å². The fraction of sp³-hybridized carbons (Fsp3) is 0.0323. The zero-order chi connectivity index (χ0) is 22.2. The quantitative estimate of drug-likeness (QED) is 0.252. The lowest BCUT2D eigenvalue weighted by molar-refractivity contribution is 1.10. The van der Waals surface area contributed by atoms with Crippen LogP contribution in [0.25, 0.3) is 50.2 Å². The molecule has 0 aliphatic carbocycles. The van der Waals surface area contributed by atoms with Crippen molar-refractivity contribution in [3.05, 3.63) is 127 Å². The van der Waals surface area contributed by atoms with E-state index in [0.717, 1.165) is 11.4 Å². The molecule has 0 saturated heterocycles. The van der Waals surface area contributed by atoms with Gasteiger partial charge in [0.15, 0.2) is 0 Å². The zero-order valence-corrected chi connectivity index (χ0v) is 18.5. The lowest BCUT2D eigenvalue weighted by atomic mass is 10.1. The maximum atomic E-state index is 2.37. The summed E-state index contributed by atoms with van der Waals surface area (Å²) in [5.41, 5.74) is 7.18. The minimum atomic E-state index is 1.15. The SMILES string of the molecule is C/C=C\C=C/c1cn(-c2cccc(-n3c4ccccc4c4ccccc43)c2)c2ccccc12. The van der Waals surface area contributed by atoms with Gasteiger partial charge in [-0.3, -0.25) is 0 Å². The van der Waals surface area contributed by atoms with Gasteiger partial charge in [0.2, 0.25) is 0 Å². The van der Waals surface area contributed by atoms with Gasteiger partial charge in [0.1, 0.15) is 0 Å². The Morgan fingerprint density at radius 2 is 1.18 bits per heavy atom. The number of fused-ring (bicyclic) bond motifs is 4. The fourth-order valence-electron chi connectivity index (χ4n) is 4.81. The Bertz CT molecular complexity index is 1620. The van der Waals surface area contributed by atoms with Crippen molar-refractivity contribution in [2.45, 2.75) is 6.92 Å². The highest BCUT2D eigenvalue weighted by Gasteiger charge is 2.13. The van der Waals surface area contributed by atoms with Crippen LogP contribution in [0.15, 0.2) is 121 Å². The third kappa shape index (κ3) is 3.19. The van der Waals surface area contributed by atoms with Crippen LogP contribution in [0.4, 0.5) is 0 Å². The minimum absolute atomic E-state index is 1.15. The lowest BCUT2D eigenvalue weighted by Crippen LogP contribution is -1.97. The van der Waals surface area contributed by atoms with Crippen molar-refractivity contribution in [3.63, 3.8) is 0 Å². The van der Waals surface area contributed by atoms with Crippen LogP contribution >= 0.6 is 0 Å². The van der Waals surface area contributed by atoms with E-state index < -0.39 is 0 Å². The van der Waals surface area contributed by atoms with Gasteiger partial charge in [-0.05, 0) is 43.3 Å². The molecule has 0 aliphatic rings. The van der Waals surface area contributed by atoms with Gasteiger partial charge in [0, 0.05) is 39.3 Å². The van der Waals surface area contributed by atoms with Gasteiger partial charge in [-0.15, -0.1) is 0 Å². The molecule has 0 unspecified atom stereocenters. The van der Waals surface area contributed by atoms with Crippen molar-refractivity contribution in [3.8, 4) is 11.4 Å². The predicted molar refractivity (Wildman–Crippen MR) is 141 cm³/mol. The highest BCUT2D eigenvalue weighted by molar-refractivity contribution is 6.09. The van der Waals surface area contributed by atoms with E-state index in [9.17, 15) is 0 Å². The Labute approximate surface area is 193 Å². The summed E-state index contributed by atoms with van der Waals surface area (Å²) in [4.78, 5) is 0. The summed E-state index contributed by atoms with van der Waals surface area (Å²) in [5.74, 6) is 0. The largest absolute Gasteiger partial charge is 0.316 e. The van der Waals surface area contributed by atoms with Gasteiger partial charge in [0.25, 0.3) is 0 Å². The zero-order valence-electron chi connectivity index (χ0n) is 18.5. The van der Waals surface area contributed by atoms with Crippen LogP contribution in [0, 0.1) is 0 Å². The molecule has 4 aromatic carbocycles. The first-order chi connectivity index (χ1) is 16.3. The minimum Gasteiger partial charge on any atom is -0.316 e. The molecule has 33 heavy (non-hydrogen) atoms. The number of para-hydroxylation sites is 3. The molecular formula is C31H24N2. The number of benzene rings is 4. The van der Waals surface area contributed by atoms with Crippen LogP contribution in [0.1, 0.15) is 12.5 Å². The molecule has 0 saturated carbocycles. The van der Waals surface area contributed by atoms with Crippen molar-refractivity contribution in [1.29, 1.82) is 0 Å². The van der Waals surface area contributed by atoms with Crippen molar-refractivity contribution in [2.75, 3.05) is 0 Å². The summed E-state index contributed by atoms with van der Waals surface area (Å²) in [6.07, 6.45) is 10.6. The molecule has 0 amide bonds. The van der Waals surface area contributed by atoms with Gasteiger partial charge in [-0.1, -0.05) is 85.0 Å². The number of allylic oxidation sites excluding steroid dienone is 3. The van der Waals surface area contributed by atoms with E-state index in [1.165, 1.54) is 38.3 Å². The smallest absolute Gasteiger partial charge is 0.0541 e. The third-order valence-electron chi connectivity index (χ3n) is 6.27. The Morgan fingerprint density at radius 1 is 0.576 bits per heavy atom. The van der Waals surface area contributed by atoms with Crippen molar-refractivity contribution in [2.24, 2.45) is 0 Å². The molecule has 6 aromatic rings. The average Bonchev–Trinajstić information content (AvgIpc) is 3.41. The molecule has 2 nitrogen and oxygen atoms in total. The van der Waals surface area contributed by atoms with Gasteiger partial charge >= 0.3 is 0 Å². The highest BCUT2D eigenvalue weighted by atomic mass is 15.0. The molecule has 0 radical (unpaired) electrons. The van der Waals surface area contributed by atoms with Crippen LogP contribution in [0.5, 0.6) is 0 Å². The highest BCUT2D eigenvalue weighted by Crippen LogP contribution is 2.33. The second kappa shape index (κ2) is 7.99. The molecule has 2 heteroatoms. The van der Waals surface area contributed by atoms with Crippen LogP contribution in [0.3, 0.4) is 0 Å². The number of hydrogen-bond acceptors (Lipinski definition) is 0. The Hall–Kier alpha value is -4.30. The molecule has 0 aliphatic heterocycles. The molecule has 0 fully saturated rings. The maximum Gasteiger partial charge on any atom is 0.0541 e. The topological polar surface area (TPSA) is 9.86 Å². The van der Waals surface area contributed by atoms with Crippen molar-refractivity contribution >= 4 is 38.8 Å². The standard InChI is InChI=1S/C31H24N2/c1-2-3-4-12-23-22-32(29-18-8-5-15-26(23)29)24-13-11-14-25(21-24)33-30-19-9-6-16-27(30)28-17-7-10-20-31(28)33/h2-22H,1H3/b3-2-,12-4-. The van der Waals surface area contributed by atoms with Crippen LogP contribution in [0.2, 0.25) is 0 Å². The van der Waals surface area contributed by atoms with Gasteiger partial charge in [-0.2, -0.15) is 0 Å². The normalized spacial score (nSPS) is 12.2. The molecule has 6 rings (SSSR count). The first kappa shape index (κ1) is 19.4. The van der Waals surface area contributed by atoms with Gasteiger partial charge < -0.3 is 9.13 Å². The van der Waals surface area contributed by atoms with Crippen molar-refractivity contribution in [1.82, 2.24) is 9.13 Å². The molecule has 158 valence electrons. The monoisotopic (exact) mass is 424 g/mol. The number of nitrogens with zero attached hydrogens (tertiary/aromatic N) is 2. The second-order valence-corrected chi connectivity index (χ2v) is 8.25. The predicted octanol–water partition coefficient (Wildman–Crippen LogP) is 8.32. The first-order valence-corrected chi connectivity index (χ1v) is 11.3. The molecule has 0 atom stereocenters. The van der Waals surface area contributed by atoms with E-state index in [4.69, 9.17) is 0 Å². The van der Waals surface area contributed by atoms with Crippen LogP contribution < -0.4 is 0 Å². The molecule has 2 aromatic heterocycles. The van der Waals surface area contributed by atoms with Crippen molar-refractivity contribution < 1.29 is 0 Å². The lowest BCUT2D eigenvalue weighted by Gasteiger charge is -2.11. The molecule has 0 N–H and O–H groups in total. The van der Waals surface area contributed by atoms with E-state index >= 15 is 0 Å². The summed E-state index contributed by atoms with van der Waals surface area (Å²) >= 11 is 0. The van der Waals surface area contributed by atoms with Crippen LogP contribution in [-0.2, 0) is 0 Å². The summed E-state index contributed by atoms with van der Waals surface area (Å²) in [6, 6.07) is 34.7. The van der Waals surface area contributed by atoms with Gasteiger partial charge in [-0.25, -0.2) is 0 Å². The van der Waals surface area contributed by atoms with E-state index in [2.05, 4.69) is 131 Å². The summed E-state index contributed by atoms with van der Waals surface area (Å²) in [6.45, 7) is 2.04. The summed E-state index contributed by atoms with van der Waals surface area (Å²) < 4.78 is 4.66. The summed E-state index contributed by atoms with van der Waals surface area (Å²) in [5, 5.41) is 3.81. The summed E-state index contributed by atoms with van der Waals surface area (Å²) in [7, 11) is 0. The number of hydrogen-bond donors (Lipinski definition) is 0. The van der Waals surface area contributed by atoms with E-state index in [0.29, 0.717) is 0 Å². The maximum absolute atomic E-state index is 2.37. The Morgan fingerprint density at radius 3 is 1.88 bits per heavy atom. The Balaban J connectivity index is 1.57. The molecular weight excluding hydrogens is 400 g/mol. The van der Waals surface area contributed by atoms with E-state index in [1.807, 2.05) is 13.0 Å². The molecule has 2 heterocycles. The van der Waals surface area contributed by atoms with Crippen LogP contribution in [-0.4, -0.2) is 9.13 Å². The number of rotatable bonds is 4. The second-order valence-electron chi connectivity index (χ2n) is 8.25. The average molecular weight is 425 g/mol. The Kier molecular flexibility index (Phi) is 4.70. The molecule has 0 bridgehead atoms. The molecule has 0 spiro atoms. The number of aromatic nitrogens is 2.